The first-order valence-corrected chi connectivity index (χ1v) is 6.95. The SMILES string of the molecule is CCCCN(CCC)CCOP(=O)(O)O. The molecule has 0 rings (SSSR count). The summed E-state index contributed by atoms with van der Waals surface area (Å²) >= 11 is 0. The highest BCUT2D eigenvalue weighted by Gasteiger charge is 2.14. The molecular formula is C9H22NO4P. The fraction of sp³-hybridized carbons (Fsp3) is 1.00. The van der Waals surface area contributed by atoms with Crippen LogP contribution in [0.1, 0.15) is 33.1 Å². The maximum atomic E-state index is 10.4. The average molecular weight is 239 g/mol. The molecule has 0 bridgehead atoms. The Labute approximate surface area is 91.7 Å². The minimum absolute atomic E-state index is 0.0913. The van der Waals surface area contributed by atoms with Crippen LogP contribution in [-0.2, 0) is 9.09 Å². The third-order valence-electron chi connectivity index (χ3n) is 2.03. The Balaban J connectivity index is 3.70. The molecule has 0 saturated heterocycles. The topological polar surface area (TPSA) is 70.0 Å². The molecular weight excluding hydrogens is 217 g/mol. The van der Waals surface area contributed by atoms with Gasteiger partial charge in [-0.1, -0.05) is 20.3 Å². The minimum Gasteiger partial charge on any atom is -0.303 e. The van der Waals surface area contributed by atoms with Gasteiger partial charge < -0.3 is 14.7 Å². The second-order valence-corrected chi connectivity index (χ2v) is 4.76. The summed E-state index contributed by atoms with van der Waals surface area (Å²) in [5.41, 5.74) is 0. The third-order valence-corrected chi connectivity index (χ3v) is 2.55. The van der Waals surface area contributed by atoms with Crippen LogP contribution < -0.4 is 0 Å². The second-order valence-electron chi connectivity index (χ2n) is 3.52. The second kappa shape index (κ2) is 8.25. The summed E-state index contributed by atoms with van der Waals surface area (Å²) < 4.78 is 14.8. The Hall–Kier alpha value is 0.0700. The van der Waals surface area contributed by atoms with Crippen molar-refractivity contribution < 1.29 is 18.9 Å². The van der Waals surface area contributed by atoms with Crippen LogP contribution in [0.3, 0.4) is 0 Å². The molecule has 0 aromatic heterocycles. The molecule has 0 atom stereocenters. The summed E-state index contributed by atoms with van der Waals surface area (Å²) in [6.45, 7) is 6.80. The highest BCUT2D eigenvalue weighted by molar-refractivity contribution is 7.46. The highest BCUT2D eigenvalue weighted by Crippen LogP contribution is 2.35. The number of rotatable bonds is 9. The summed E-state index contributed by atoms with van der Waals surface area (Å²) in [7, 11) is -4.29. The molecule has 0 aromatic carbocycles. The monoisotopic (exact) mass is 239 g/mol. The Bertz CT molecular complexity index is 195. The molecule has 0 aliphatic carbocycles. The molecule has 92 valence electrons. The van der Waals surface area contributed by atoms with Crippen molar-refractivity contribution in [1.29, 1.82) is 0 Å². The van der Waals surface area contributed by atoms with Gasteiger partial charge in [0.15, 0.2) is 0 Å². The number of phosphoric acid groups is 1. The van der Waals surface area contributed by atoms with E-state index in [0.717, 1.165) is 32.4 Å². The van der Waals surface area contributed by atoms with Gasteiger partial charge in [0.25, 0.3) is 0 Å². The summed E-state index contributed by atoms with van der Waals surface area (Å²) in [5.74, 6) is 0. The molecule has 0 unspecified atom stereocenters. The minimum atomic E-state index is -4.29. The van der Waals surface area contributed by atoms with Crippen LogP contribution in [-0.4, -0.2) is 40.9 Å². The molecule has 15 heavy (non-hydrogen) atoms. The lowest BCUT2D eigenvalue weighted by Gasteiger charge is -2.21. The first-order valence-electron chi connectivity index (χ1n) is 5.42. The van der Waals surface area contributed by atoms with Crippen LogP contribution in [0.4, 0.5) is 0 Å². The van der Waals surface area contributed by atoms with Crippen LogP contribution in [0.2, 0.25) is 0 Å². The molecule has 0 radical (unpaired) electrons. The summed E-state index contributed by atoms with van der Waals surface area (Å²) in [5, 5.41) is 0. The van der Waals surface area contributed by atoms with Crippen molar-refractivity contribution in [2.75, 3.05) is 26.2 Å². The van der Waals surface area contributed by atoms with Crippen molar-refractivity contribution in [1.82, 2.24) is 4.90 Å². The number of unbranched alkanes of at least 4 members (excludes halogenated alkanes) is 1. The van der Waals surface area contributed by atoms with E-state index in [1.54, 1.807) is 0 Å². The van der Waals surface area contributed by atoms with Crippen molar-refractivity contribution in [2.24, 2.45) is 0 Å². The van der Waals surface area contributed by atoms with Gasteiger partial charge in [-0.2, -0.15) is 0 Å². The van der Waals surface area contributed by atoms with E-state index in [1.165, 1.54) is 0 Å². The largest absolute Gasteiger partial charge is 0.469 e. The molecule has 0 amide bonds. The van der Waals surface area contributed by atoms with E-state index in [2.05, 4.69) is 23.3 Å². The van der Waals surface area contributed by atoms with E-state index in [4.69, 9.17) is 9.79 Å². The number of hydrogen-bond acceptors (Lipinski definition) is 3. The van der Waals surface area contributed by atoms with E-state index < -0.39 is 7.82 Å². The molecule has 0 heterocycles. The quantitative estimate of drug-likeness (QED) is 0.598. The zero-order valence-electron chi connectivity index (χ0n) is 9.56. The van der Waals surface area contributed by atoms with Crippen molar-refractivity contribution in [3.63, 3.8) is 0 Å². The first kappa shape index (κ1) is 15.1. The highest BCUT2D eigenvalue weighted by atomic mass is 31.2. The van der Waals surface area contributed by atoms with Crippen molar-refractivity contribution in [3.05, 3.63) is 0 Å². The average Bonchev–Trinajstić information content (AvgIpc) is 2.12. The van der Waals surface area contributed by atoms with Crippen LogP contribution >= 0.6 is 7.82 Å². The van der Waals surface area contributed by atoms with Crippen LogP contribution in [0.15, 0.2) is 0 Å². The molecule has 5 nitrogen and oxygen atoms in total. The van der Waals surface area contributed by atoms with Crippen LogP contribution in [0, 0.1) is 0 Å². The zero-order valence-corrected chi connectivity index (χ0v) is 10.4. The normalized spacial score (nSPS) is 12.3. The van der Waals surface area contributed by atoms with E-state index in [9.17, 15) is 4.57 Å². The fourth-order valence-electron chi connectivity index (χ4n) is 1.32. The van der Waals surface area contributed by atoms with Gasteiger partial charge in [0.1, 0.15) is 0 Å². The van der Waals surface area contributed by atoms with Crippen molar-refractivity contribution in [2.45, 2.75) is 33.1 Å². The number of phosphoric ester groups is 1. The first-order chi connectivity index (χ1) is 6.99. The Morgan fingerprint density at radius 2 is 1.80 bits per heavy atom. The maximum Gasteiger partial charge on any atom is 0.469 e. The van der Waals surface area contributed by atoms with E-state index in [0.29, 0.717) is 6.54 Å². The van der Waals surface area contributed by atoms with E-state index in [1.807, 2.05) is 0 Å². The Morgan fingerprint density at radius 1 is 1.13 bits per heavy atom. The standard InChI is InChI=1S/C9H22NO4P/c1-3-5-7-10(6-4-2)8-9-14-15(11,12)13/h3-9H2,1-2H3,(H2,11,12,13). The lowest BCUT2D eigenvalue weighted by atomic mass is 10.3. The molecule has 0 saturated carbocycles. The lowest BCUT2D eigenvalue weighted by molar-refractivity contribution is 0.160. The molecule has 0 spiro atoms. The van der Waals surface area contributed by atoms with Gasteiger partial charge in [-0.3, -0.25) is 4.52 Å². The summed E-state index contributed by atoms with van der Waals surface area (Å²) in [6, 6.07) is 0. The van der Waals surface area contributed by atoms with Gasteiger partial charge in [-0.15, -0.1) is 0 Å². The molecule has 0 aliphatic rings. The third kappa shape index (κ3) is 10.4. The van der Waals surface area contributed by atoms with Gasteiger partial charge in [-0.25, -0.2) is 4.57 Å². The van der Waals surface area contributed by atoms with Gasteiger partial charge in [0.2, 0.25) is 0 Å². The predicted octanol–water partition coefficient (Wildman–Crippen LogP) is 1.61. The Morgan fingerprint density at radius 3 is 2.27 bits per heavy atom. The van der Waals surface area contributed by atoms with Gasteiger partial charge in [0.05, 0.1) is 6.61 Å². The fourth-order valence-corrected chi connectivity index (χ4v) is 1.64. The Kier molecular flexibility index (Phi) is 8.29. The van der Waals surface area contributed by atoms with E-state index >= 15 is 0 Å². The molecule has 6 heteroatoms. The molecule has 0 aromatic rings. The summed E-state index contributed by atoms with van der Waals surface area (Å²) in [6.07, 6.45) is 3.27. The zero-order chi connectivity index (χ0) is 11.7. The maximum absolute atomic E-state index is 10.4. The van der Waals surface area contributed by atoms with Crippen LogP contribution in [0.5, 0.6) is 0 Å². The lowest BCUT2D eigenvalue weighted by Crippen LogP contribution is -2.29. The molecule has 0 fully saturated rings. The smallest absolute Gasteiger partial charge is 0.303 e. The predicted molar refractivity (Wildman–Crippen MR) is 59.6 cm³/mol. The molecule has 2 N–H and O–H groups in total. The molecule has 0 aliphatic heterocycles. The van der Waals surface area contributed by atoms with Gasteiger partial charge in [0, 0.05) is 6.54 Å². The van der Waals surface area contributed by atoms with Gasteiger partial charge in [-0.05, 0) is 25.9 Å². The number of nitrogens with zero attached hydrogens (tertiary/aromatic N) is 1. The van der Waals surface area contributed by atoms with Gasteiger partial charge >= 0.3 is 7.82 Å². The van der Waals surface area contributed by atoms with Crippen molar-refractivity contribution >= 4 is 7.82 Å². The van der Waals surface area contributed by atoms with E-state index in [-0.39, 0.29) is 6.61 Å². The van der Waals surface area contributed by atoms with Crippen molar-refractivity contribution in [3.8, 4) is 0 Å². The number of hydrogen-bond donors (Lipinski definition) is 2. The summed E-state index contributed by atoms with van der Waals surface area (Å²) in [4.78, 5) is 19.2. The van der Waals surface area contributed by atoms with Crippen LogP contribution in [0.25, 0.3) is 0 Å².